The molecule has 1 saturated heterocycles. The van der Waals surface area contributed by atoms with Crippen LogP contribution in [0.25, 0.3) is 12.2 Å². The standard InChI is InChI=1S/C40H52N5O21P3S/c1-5-43-22-26(38(50)62-4)15-16-27(43)12-9-13-32-40(2,3)29-21-28(70(59,60)61)17-18-30(29)44(32)20-8-6-7-14-33(46)41-19-10-11-25-23-45(39(51)42-36(25)49)37-35(48)34(47)31(64-37)24-63-68(55,56)66-69(57,58)65-67(52,53)54/h9-13,15-18,21-23,31,34-35,37,47-48H,5-8,14,19-20,24H2,1-4H3,(H6-,41,42,46,49,51,52,53,54,55,56,57,58,59,60,61)/p-4/b11-10+. The Hall–Kier alpha value is -4.79. The van der Waals surface area contributed by atoms with Crippen molar-refractivity contribution in [3.05, 3.63) is 110 Å². The summed E-state index contributed by atoms with van der Waals surface area (Å²) in [7, 11) is -22.0. The number of nitrogens with zero attached hydrogens (tertiary/aromatic N) is 3. The third-order valence-electron chi connectivity index (χ3n) is 10.9. The van der Waals surface area contributed by atoms with Crippen LogP contribution in [-0.4, -0.2) is 89.7 Å². The van der Waals surface area contributed by atoms with Crippen LogP contribution in [-0.2, 0) is 63.2 Å². The number of fused-ring (bicyclic) bond motifs is 1. The summed E-state index contributed by atoms with van der Waals surface area (Å²) in [6.07, 6.45) is 5.04. The number of carbonyl (C=O) groups is 2. The van der Waals surface area contributed by atoms with Gasteiger partial charge in [-0.15, -0.1) is 0 Å². The fraction of sp³-hybridized carbons (Fsp3) is 0.425. The number of unbranched alkanes of at least 4 members (excludes halogenated alkanes) is 2. The number of aliphatic hydroxyl groups is 2. The van der Waals surface area contributed by atoms with Crippen LogP contribution in [0.15, 0.2) is 81.1 Å². The first-order valence-electron chi connectivity index (χ1n) is 21.0. The van der Waals surface area contributed by atoms with Crippen LogP contribution in [0.1, 0.15) is 79.9 Å². The average Bonchev–Trinajstić information content (AvgIpc) is 3.66. The molecule has 4 heterocycles. The zero-order valence-electron chi connectivity index (χ0n) is 37.6. The first-order valence-corrected chi connectivity index (χ1v) is 26.8. The summed E-state index contributed by atoms with van der Waals surface area (Å²) >= 11 is 0. The summed E-state index contributed by atoms with van der Waals surface area (Å²) in [5.74, 6) is -0.808. The van der Waals surface area contributed by atoms with Gasteiger partial charge in [-0.05, 0) is 55.7 Å². The number of phosphoric ester groups is 1. The quantitative estimate of drug-likeness (QED) is 0.0310. The lowest BCUT2D eigenvalue weighted by molar-refractivity contribution is -0.695. The van der Waals surface area contributed by atoms with Gasteiger partial charge in [-0.1, -0.05) is 38.5 Å². The molecule has 3 aromatic rings. The Kier molecular flexibility index (Phi) is 18.2. The number of aryl methyl sites for hydroxylation is 1. The number of carbonyl (C=O) groups excluding carboxylic acids is 2. The zero-order valence-corrected chi connectivity index (χ0v) is 41.1. The van der Waals surface area contributed by atoms with Gasteiger partial charge in [0.25, 0.3) is 21.2 Å². The molecule has 2 aromatic heterocycles. The van der Waals surface area contributed by atoms with Crippen molar-refractivity contribution in [2.75, 3.05) is 31.7 Å². The SMILES string of the molecule is CC[n+]1cc(C(=O)OC)ccc1/C=C/C=C1\N(CCCCCC(=O)NC/C=C/c2cn(C3OC(COP(=O)([O-])OP(=O)([O-])OP(=O)([O-])[O-])C(O)C3O)c(=O)[nH]c2=O)c2ccc(S(=O)(=O)[O-])cc2C1(C)C. The molecule has 0 spiro atoms. The van der Waals surface area contributed by atoms with Gasteiger partial charge >= 0.3 is 11.7 Å². The number of hydrogen-bond acceptors (Lipinski definition) is 22. The van der Waals surface area contributed by atoms with Crippen molar-refractivity contribution in [2.45, 2.75) is 87.8 Å². The Morgan fingerprint density at radius 3 is 2.37 bits per heavy atom. The van der Waals surface area contributed by atoms with Crippen molar-refractivity contribution in [1.82, 2.24) is 14.9 Å². The lowest BCUT2D eigenvalue weighted by atomic mass is 9.83. The van der Waals surface area contributed by atoms with Crippen molar-refractivity contribution < 1.29 is 93.2 Å². The van der Waals surface area contributed by atoms with E-state index in [1.807, 2.05) is 53.5 Å². The average molecular weight is 1060 g/mol. The number of phosphoric acid groups is 3. The smallest absolute Gasteiger partial charge is 0.343 e. The zero-order chi connectivity index (χ0) is 52.0. The second kappa shape index (κ2) is 22.7. The van der Waals surface area contributed by atoms with Crippen molar-refractivity contribution in [3.8, 4) is 0 Å². The van der Waals surface area contributed by atoms with E-state index in [0.717, 1.165) is 23.3 Å². The van der Waals surface area contributed by atoms with E-state index in [1.165, 1.54) is 31.4 Å². The highest BCUT2D eigenvalue weighted by Crippen LogP contribution is 2.60. The maximum Gasteiger partial charge on any atom is 0.343 e. The largest absolute Gasteiger partial charge is 0.790 e. The number of benzene rings is 1. The molecule has 2 aliphatic heterocycles. The Morgan fingerprint density at radius 2 is 1.71 bits per heavy atom. The number of ether oxygens (including phenoxy) is 2. The number of rotatable bonds is 22. The molecule has 5 rings (SSSR count). The summed E-state index contributed by atoms with van der Waals surface area (Å²) in [6.45, 7) is 5.45. The second-order valence-corrected chi connectivity index (χ2v) is 21.7. The molecule has 0 aliphatic carbocycles. The van der Waals surface area contributed by atoms with Crippen molar-refractivity contribution in [1.29, 1.82) is 0 Å². The number of H-pyrrole nitrogens is 1. The number of pyridine rings is 1. The van der Waals surface area contributed by atoms with Gasteiger partial charge in [-0.25, -0.2) is 22.3 Å². The van der Waals surface area contributed by atoms with Crippen LogP contribution in [0.5, 0.6) is 0 Å². The molecule has 384 valence electrons. The molecule has 6 unspecified atom stereocenters. The molecular formula is C40H48N5O21P3S-4. The van der Waals surface area contributed by atoms with Crippen LogP contribution < -0.4 is 45.6 Å². The molecule has 6 atom stereocenters. The molecule has 1 aromatic carbocycles. The highest BCUT2D eigenvalue weighted by Gasteiger charge is 2.45. The first kappa shape index (κ1) is 56.1. The summed E-state index contributed by atoms with van der Waals surface area (Å²) in [4.78, 5) is 98.1. The summed E-state index contributed by atoms with van der Waals surface area (Å²) in [5, 5.41) is 23.6. The fourth-order valence-electron chi connectivity index (χ4n) is 7.54. The van der Waals surface area contributed by atoms with E-state index in [2.05, 4.69) is 18.5 Å². The number of hydrogen-bond donors (Lipinski definition) is 4. The monoisotopic (exact) mass is 1060 g/mol. The summed E-state index contributed by atoms with van der Waals surface area (Å²) in [5.41, 5.74) is 0.386. The summed E-state index contributed by atoms with van der Waals surface area (Å²) < 4.78 is 93.2. The number of allylic oxidation sites excluding steroid dienone is 3. The van der Waals surface area contributed by atoms with Gasteiger partial charge in [0.1, 0.15) is 40.5 Å². The number of anilines is 1. The van der Waals surface area contributed by atoms with E-state index >= 15 is 0 Å². The Morgan fingerprint density at radius 1 is 1.00 bits per heavy atom. The van der Waals surface area contributed by atoms with E-state index in [9.17, 15) is 75.6 Å². The highest BCUT2D eigenvalue weighted by atomic mass is 32.2. The normalized spacial score (nSPS) is 21.5. The van der Waals surface area contributed by atoms with E-state index in [0.29, 0.717) is 48.0 Å². The molecule has 2 aliphatic rings. The Balaban J connectivity index is 1.16. The minimum Gasteiger partial charge on any atom is -0.790 e. The number of esters is 1. The topological polar surface area (TPSA) is 395 Å². The van der Waals surface area contributed by atoms with Gasteiger partial charge in [-0.3, -0.25) is 32.6 Å². The van der Waals surface area contributed by atoms with Gasteiger partial charge < -0.3 is 63.1 Å². The number of aromatic nitrogens is 3. The van der Waals surface area contributed by atoms with E-state index in [-0.39, 0.29) is 29.3 Å². The van der Waals surface area contributed by atoms with Gasteiger partial charge in [0, 0.05) is 54.6 Å². The number of amides is 1. The molecule has 0 radical (unpaired) electrons. The predicted molar refractivity (Wildman–Crippen MR) is 234 cm³/mol. The molecule has 26 nitrogen and oxygen atoms in total. The molecular weight excluding hydrogens is 1010 g/mol. The Labute approximate surface area is 399 Å². The molecule has 30 heteroatoms. The molecule has 0 saturated carbocycles. The van der Waals surface area contributed by atoms with Gasteiger partial charge in [-0.2, -0.15) is 4.57 Å². The molecule has 0 bridgehead atoms. The lowest BCUT2D eigenvalue weighted by Gasteiger charge is -2.37. The highest BCUT2D eigenvalue weighted by molar-refractivity contribution is 7.85. The van der Waals surface area contributed by atoms with Crippen LogP contribution in [0.3, 0.4) is 0 Å². The minimum absolute atomic E-state index is 0.0754. The molecule has 70 heavy (non-hydrogen) atoms. The minimum atomic E-state index is -6.29. The maximum absolute atomic E-state index is 12.7. The lowest BCUT2D eigenvalue weighted by Crippen LogP contribution is -2.38. The van der Waals surface area contributed by atoms with Crippen LogP contribution >= 0.6 is 23.5 Å². The van der Waals surface area contributed by atoms with Crippen molar-refractivity contribution in [2.24, 2.45) is 0 Å². The van der Waals surface area contributed by atoms with E-state index in [1.54, 1.807) is 24.4 Å². The van der Waals surface area contributed by atoms with Crippen LogP contribution in [0.2, 0.25) is 0 Å². The number of nitrogens with one attached hydrogen (secondary N) is 2. The summed E-state index contributed by atoms with van der Waals surface area (Å²) in [6, 6.07) is 7.69. The van der Waals surface area contributed by atoms with Crippen LogP contribution in [0.4, 0.5) is 5.69 Å². The first-order chi connectivity index (χ1) is 32.6. The fourth-order valence-corrected chi connectivity index (χ4v) is 10.9. The third kappa shape index (κ3) is 14.4. The third-order valence-corrected chi connectivity index (χ3v) is 15.4. The van der Waals surface area contributed by atoms with Gasteiger partial charge in [0.15, 0.2) is 12.4 Å². The van der Waals surface area contributed by atoms with Gasteiger partial charge in [0.05, 0.1) is 32.0 Å². The van der Waals surface area contributed by atoms with E-state index in [4.69, 9.17) is 9.47 Å². The molecule has 4 N–H and O–H groups in total. The maximum atomic E-state index is 12.7. The van der Waals surface area contributed by atoms with E-state index < -0.39 is 87.4 Å². The second-order valence-electron chi connectivity index (χ2n) is 16.1. The number of aliphatic hydroxyl groups excluding tert-OH is 2. The van der Waals surface area contributed by atoms with Crippen LogP contribution in [0, 0.1) is 0 Å². The number of aromatic amines is 1. The number of methoxy groups -OCH3 is 1. The molecule has 1 fully saturated rings. The predicted octanol–water partition coefficient (Wildman–Crippen LogP) is -0.946. The Bertz CT molecular complexity index is 2930. The van der Waals surface area contributed by atoms with Gasteiger partial charge in [0.2, 0.25) is 11.6 Å². The van der Waals surface area contributed by atoms with Crippen molar-refractivity contribution in [3.63, 3.8) is 0 Å². The molecule has 1 amide bonds. The van der Waals surface area contributed by atoms with Crippen molar-refractivity contribution >= 4 is 63.3 Å².